The van der Waals surface area contributed by atoms with Crippen LogP contribution in [0.5, 0.6) is 0 Å². The molecule has 110 valence electrons. The Bertz CT molecular complexity index is 611. The quantitative estimate of drug-likeness (QED) is 0.861. The molecule has 0 unspecified atom stereocenters. The lowest BCUT2D eigenvalue weighted by Crippen LogP contribution is -3.11. The minimum atomic E-state index is -0.394. The largest absolute Gasteiger partial charge is 0.317 e. The fourth-order valence-corrected chi connectivity index (χ4v) is 3.46. The second-order valence-corrected chi connectivity index (χ2v) is 6.24. The van der Waals surface area contributed by atoms with Crippen molar-refractivity contribution >= 4 is 29.0 Å². The highest BCUT2D eigenvalue weighted by molar-refractivity contribution is 8.18. The molecular formula is C15H16FN2O2S+. The highest BCUT2D eigenvalue weighted by Gasteiger charge is 2.38. The van der Waals surface area contributed by atoms with Crippen molar-refractivity contribution < 1.29 is 18.9 Å². The van der Waals surface area contributed by atoms with E-state index >= 15 is 0 Å². The van der Waals surface area contributed by atoms with Gasteiger partial charge in [-0.2, -0.15) is 0 Å². The first-order chi connectivity index (χ1) is 10.1. The number of quaternary nitrogens is 1. The Hall–Kier alpha value is -1.66. The van der Waals surface area contributed by atoms with Gasteiger partial charge in [-0.1, -0.05) is 18.2 Å². The maximum absolute atomic E-state index is 13.6. The summed E-state index contributed by atoms with van der Waals surface area (Å²) in [4.78, 5) is 27.1. The number of nitrogens with zero attached hydrogens (tertiary/aromatic N) is 1. The zero-order valence-electron chi connectivity index (χ0n) is 11.5. The number of carbonyl (C=O) groups excluding carboxylic acids is 2. The number of imide groups is 1. The first-order valence-corrected chi connectivity index (χ1v) is 7.80. The molecule has 0 radical (unpaired) electrons. The Morgan fingerprint density at radius 2 is 1.95 bits per heavy atom. The molecule has 2 fully saturated rings. The van der Waals surface area contributed by atoms with E-state index in [1.165, 1.54) is 21.9 Å². The molecule has 0 spiro atoms. The van der Waals surface area contributed by atoms with E-state index in [2.05, 4.69) is 0 Å². The molecule has 0 saturated carbocycles. The fourth-order valence-electron chi connectivity index (χ4n) is 2.63. The summed E-state index contributed by atoms with van der Waals surface area (Å²) in [7, 11) is 0. The van der Waals surface area contributed by atoms with Gasteiger partial charge in [0.1, 0.15) is 5.82 Å². The summed E-state index contributed by atoms with van der Waals surface area (Å²) in [5.41, 5.74) is 0.330. The van der Waals surface area contributed by atoms with Gasteiger partial charge in [-0.25, -0.2) is 9.29 Å². The van der Waals surface area contributed by atoms with Crippen molar-refractivity contribution in [1.82, 2.24) is 4.90 Å². The minimum absolute atomic E-state index is 0.262. The molecule has 6 heteroatoms. The molecule has 0 atom stereocenters. The summed E-state index contributed by atoms with van der Waals surface area (Å²) in [6.45, 7) is 2.40. The molecule has 0 aliphatic carbocycles. The molecule has 2 heterocycles. The van der Waals surface area contributed by atoms with Crippen LogP contribution in [0.3, 0.4) is 0 Å². The Balaban J connectivity index is 1.78. The lowest BCUT2D eigenvalue weighted by molar-refractivity contribution is -0.894. The topological polar surface area (TPSA) is 41.8 Å². The number of likely N-dealkylation sites (tertiary alicyclic amines) is 1. The fraction of sp³-hybridized carbons (Fsp3) is 0.333. The van der Waals surface area contributed by atoms with Gasteiger partial charge in [0.15, 0.2) is 6.67 Å². The maximum atomic E-state index is 13.6. The van der Waals surface area contributed by atoms with Gasteiger partial charge in [0, 0.05) is 18.4 Å². The van der Waals surface area contributed by atoms with Gasteiger partial charge in [0.05, 0.1) is 18.0 Å². The van der Waals surface area contributed by atoms with E-state index < -0.39 is 5.82 Å². The molecule has 3 rings (SSSR count). The maximum Gasteiger partial charge on any atom is 0.298 e. The summed E-state index contributed by atoms with van der Waals surface area (Å²) in [6.07, 6.45) is 3.73. The molecule has 2 aliphatic heterocycles. The summed E-state index contributed by atoms with van der Waals surface area (Å²) in [5.74, 6) is -0.706. The molecule has 2 saturated heterocycles. The average Bonchev–Trinajstić information content (AvgIpc) is 3.06. The van der Waals surface area contributed by atoms with Crippen molar-refractivity contribution in [2.75, 3.05) is 19.8 Å². The lowest BCUT2D eigenvalue weighted by Gasteiger charge is -2.17. The van der Waals surface area contributed by atoms with Gasteiger partial charge in [0.25, 0.3) is 11.1 Å². The summed E-state index contributed by atoms with van der Waals surface area (Å²) >= 11 is 0.887. The number of carbonyl (C=O) groups is 2. The zero-order chi connectivity index (χ0) is 14.8. The van der Waals surface area contributed by atoms with Crippen LogP contribution in [-0.4, -0.2) is 35.8 Å². The predicted molar refractivity (Wildman–Crippen MR) is 79.0 cm³/mol. The smallest absolute Gasteiger partial charge is 0.298 e. The molecule has 2 amide bonds. The van der Waals surface area contributed by atoms with E-state index in [-0.39, 0.29) is 11.1 Å². The third kappa shape index (κ3) is 3.01. The van der Waals surface area contributed by atoms with Gasteiger partial charge in [-0.15, -0.1) is 0 Å². The van der Waals surface area contributed by atoms with Gasteiger partial charge in [-0.3, -0.25) is 9.59 Å². The van der Waals surface area contributed by atoms with Crippen LogP contribution >= 0.6 is 11.8 Å². The zero-order valence-corrected chi connectivity index (χ0v) is 12.3. The summed E-state index contributed by atoms with van der Waals surface area (Å²) < 4.78 is 13.6. The van der Waals surface area contributed by atoms with E-state index in [1.54, 1.807) is 18.2 Å². The highest BCUT2D eigenvalue weighted by atomic mass is 32.2. The van der Waals surface area contributed by atoms with E-state index in [0.29, 0.717) is 17.1 Å². The van der Waals surface area contributed by atoms with Gasteiger partial charge < -0.3 is 4.90 Å². The number of halogens is 1. The van der Waals surface area contributed by atoms with Crippen LogP contribution in [0.25, 0.3) is 6.08 Å². The van der Waals surface area contributed by atoms with Crippen LogP contribution in [0.15, 0.2) is 29.2 Å². The van der Waals surface area contributed by atoms with Gasteiger partial charge in [-0.05, 0) is 23.9 Å². The molecule has 0 aromatic heterocycles. The Labute approximate surface area is 126 Å². The predicted octanol–water partition coefficient (Wildman–Crippen LogP) is 1.50. The number of hydrogen-bond donors (Lipinski definition) is 1. The van der Waals surface area contributed by atoms with Crippen molar-refractivity contribution in [2.24, 2.45) is 0 Å². The third-order valence-electron chi connectivity index (χ3n) is 3.76. The van der Waals surface area contributed by atoms with Crippen molar-refractivity contribution in [1.29, 1.82) is 0 Å². The number of rotatable bonds is 3. The van der Waals surface area contributed by atoms with E-state index in [4.69, 9.17) is 0 Å². The molecule has 1 aromatic rings. The Kier molecular flexibility index (Phi) is 4.07. The first-order valence-electron chi connectivity index (χ1n) is 6.98. The van der Waals surface area contributed by atoms with E-state index in [9.17, 15) is 14.0 Å². The molecule has 2 aliphatic rings. The van der Waals surface area contributed by atoms with Crippen LogP contribution in [0, 0.1) is 5.82 Å². The summed E-state index contributed by atoms with van der Waals surface area (Å²) in [6, 6.07) is 6.22. The van der Waals surface area contributed by atoms with Crippen LogP contribution in [0.2, 0.25) is 0 Å². The number of nitrogens with one attached hydrogen (secondary N) is 1. The summed E-state index contributed by atoms with van der Waals surface area (Å²) in [5, 5.41) is -0.262. The van der Waals surface area contributed by atoms with Crippen LogP contribution in [-0.2, 0) is 4.79 Å². The Morgan fingerprint density at radius 1 is 1.24 bits per heavy atom. The number of benzene rings is 1. The van der Waals surface area contributed by atoms with Gasteiger partial charge in [0.2, 0.25) is 0 Å². The average molecular weight is 307 g/mol. The molecule has 0 bridgehead atoms. The molecular weight excluding hydrogens is 291 g/mol. The molecule has 4 nitrogen and oxygen atoms in total. The van der Waals surface area contributed by atoms with E-state index in [0.717, 1.165) is 37.7 Å². The van der Waals surface area contributed by atoms with Crippen LogP contribution in [0.1, 0.15) is 18.4 Å². The molecule has 21 heavy (non-hydrogen) atoms. The highest BCUT2D eigenvalue weighted by Crippen LogP contribution is 2.31. The lowest BCUT2D eigenvalue weighted by atomic mass is 10.2. The number of thioether (sulfide) groups is 1. The monoisotopic (exact) mass is 307 g/mol. The Morgan fingerprint density at radius 3 is 2.67 bits per heavy atom. The first kappa shape index (κ1) is 14.3. The van der Waals surface area contributed by atoms with Crippen molar-refractivity contribution in [3.63, 3.8) is 0 Å². The SMILES string of the molecule is O=C1S/C(=C\c2ccccc2F)C(=O)N1C[NH+]1CCCC1. The minimum Gasteiger partial charge on any atom is -0.317 e. The van der Waals surface area contributed by atoms with Crippen LogP contribution in [0.4, 0.5) is 9.18 Å². The normalized spacial score (nSPS) is 21.8. The van der Waals surface area contributed by atoms with Crippen molar-refractivity contribution in [3.05, 3.63) is 40.6 Å². The third-order valence-corrected chi connectivity index (χ3v) is 4.67. The van der Waals surface area contributed by atoms with Gasteiger partial charge >= 0.3 is 0 Å². The second-order valence-electron chi connectivity index (χ2n) is 5.25. The molecule has 1 N–H and O–H groups in total. The van der Waals surface area contributed by atoms with Crippen molar-refractivity contribution in [3.8, 4) is 0 Å². The van der Waals surface area contributed by atoms with Crippen molar-refractivity contribution in [2.45, 2.75) is 12.8 Å². The second kappa shape index (κ2) is 5.99. The van der Waals surface area contributed by atoms with E-state index in [1.807, 2.05) is 0 Å². The number of amides is 2. The van der Waals surface area contributed by atoms with Crippen LogP contribution < -0.4 is 4.90 Å². The number of hydrogen-bond acceptors (Lipinski definition) is 3. The molecule has 1 aromatic carbocycles. The standard InChI is InChI=1S/C15H15FN2O2S/c16-12-6-2-1-5-11(12)9-13-14(19)18(15(20)21-13)10-17-7-3-4-8-17/h1-2,5-6,9H,3-4,7-8,10H2/p+1/b13-9-.